The van der Waals surface area contributed by atoms with Crippen LogP contribution in [0, 0.1) is 3.57 Å². The van der Waals surface area contributed by atoms with E-state index in [4.69, 9.17) is 4.74 Å². The van der Waals surface area contributed by atoms with Crippen LogP contribution < -0.4 is 4.74 Å². The smallest absolute Gasteiger partial charge is 0.433 e. The van der Waals surface area contributed by atoms with E-state index in [2.05, 4.69) is 32.6 Å². The summed E-state index contributed by atoms with van der Waals surface area (Å²) in [5, 5.41) is 0. The minimum Gasteiger partial charge on any atom is -0.458 e. The van der Waals surface area contributed by atoms with Crippen molar-refractivity contribution in [2.45, 2.75) is 25.1 Å². The Morgan fingerprint density at radius 3 is 2.65 bits per heavy atom. The Labute approximate surface area is 161 Å². The molecule has 0 bridgehead atoms. The van der Waals surface area contributed by atoms with Crippen LogP contribution in [0.1, 0.15) is 28.9 Å². The van der Waals surface area contributed by atoms with Crippen molar-refractivity contribution in [3.05, 3.63) is 51.4 Å². The number of halogens is 4. The lowest BCUT2D eigenvalue weighted by Crippen LogP contribution is -2.44. The second-order valence-corrected chi connectivity index (χ2v) is 7.11. The zero-order valence-corrected chi connectivity index (χ0v) is 15.7. The molecule has 1 aliphatic rings. The number of hydrogen-bond donors (Lipinski definition) is 0. The topological polar surface area (TPSA) is 55.3 Å². The molecule has 138 valence electrons. The van der Waals surface area contributed by atoms with E-state index in [1.165, 1.54) is 0 Å². The molecule has 1 aromatic carbocycles. The molecule has 1 aromatic heterocycles. The molecule has 0 radical (unpaired) electrons. The van der Waals surface area contributed by atoms with Gasteiger partial charge in [-0.15, -0.1) is 0 Å². The average molecular weight is 477 g/mol. The Balaban J connectivity index is 1.67. The summed E-state index contributed by atoms with van der Waals surface area (Å²) in [5.41, 5.74) is -0.480. The largest absolute Gasteiger partial charge is 0.458 e. The zero-order valence-electron chi connectivity index (χ0n) is 13.5. The minimum absolute atomic E-state index is 0.125. The number of nitrogens with zero attached hydrogens (tertiary/aromatic N) is 3. The van der Waals surface area contributed by atoms with E-state index < -0.39 is 18.0 Å². The van der Waals surface area contributed by atoms with E-state index in [0.29, 0.717) is 24.9 Å². The molecule has 0 N–H and O–H groups in total. The molecule has 1 fully saturated rings. The third-order valence-electron chi connectivity index (χ3n) is 3.95. The monoisotopic (exact) mass is 477 g/mol. The first-order chi connectivity index (χ1) is 12.3. The second kappa shape index (κ2) is 7.77. The highest BCUT2D eigenvalue weighted by Crippen LogP contribution is 2.28. The highest BCUT2D eigenvalue weighted by molar-refractivity contribution is 14.1. The lowest BCUT2D eigenvalue weighted by molar-refractivity contribution is -0.141. The number of ether oxygens (including phenoxy) is 1. The van der Waals surface area contributed by atoms with Crippen molar-refractivity contribution in [3.63, 3.8) is 0 Å². The van der Waals surface area contributed by atoms with Crippen molar-refractivity contribution in [2.75, 3.05) is 13.1 Å². The van der Waals surface area contributed by atoms with Crippen LogP contribution in [0.15, 0.2) is 36.5 Å². The maximum absolute atomic E-state index is 12.7. The number of rotatable bonds is 3. The summed E-state index contributed by atoms with van der Waals surface area (Å²) in [4.78, 5) is 21.4. The first-order valence-electron chi connectivity index (χ1n) is 7.94. The minimum atomic E-state index is -4.56. The molecule has 1 atom stereocenters. The molecular weight excluding hydrogens is 462 g/mol. The van der Waals surface area contributed by atoms with Gasteiger partial charge in [-0.2, -0.15) is 18.2 Å². The highest BCUT2D eigenvalue weighted by Gasteiger charge is 2.33. The standard InChI is InChI=1S/C17H15F3IN3O2/c18-17(19,20)14-7-8-22-16(23-14)26-13-2-1-9-24(10-13)15(25)11-3-5-12(21)6-4-11/h3-8,13H,1-2,9-10H2. The lowest BCUT2D eigenvalue weighted by atomic mass is 10.1. The molecule has 3 rings (SSSR count). The molecule has 0 aliphatic carbocycles. The molecule has 26 heavy (non-hydrogen) atoms. The van der Waals surface area contributed by atoms with E-state index in [9.17, 15) is 18.0 Å². The van der Waals surface area contributed by atoms with Crippen molar-refractivity contribution in [1.29, 1.82) is 0 Å². The van der Waals surface area contributed by atoms with Crippen molar-refractivity contribution < 1.29 is 22.7 Å². The summed E-state index contributed by atoms with van der Waals surface area (Å²) < 4.78 is 44.7. The summed E-state index contributed by atoms with van der Waals surface area (Å²) in [7, 11) is 0. The van der Waals surface area contributed by atoms with Gasteiger partial charge in [0.15, 0.2) is 5.69 Å². The van der Waals surface area contributed by atoms with E-state index in [-0.39, 0.29) is 18.5 Å². The van der Waals surface area contributed by atoms with E-state index in [1.54, 1.807) is 17.0 Å². The summed E-state index contributed by atoms with van der Waals surface area (Å²) in [6.45, 7) is 0.860. The molecule has 2 aromatic rings. The molecule has 0 spiro atoms. The second-order valence-electron chi connectivity index (χ2n) is 5.86. The van der Waals surface area contributed by atoms with Gasteiger partial charge in [-0.3, -0.25) is 4.79 Å². The molecule has 1 saturated heterocycles. The predicted molar refractivity (Wildman–Crippen MR) is 95.7 cm³/mol. The van der Waals surface area contributed by atoms with E-state index in [1.807, 2.05) is 12.1 Å². The van der Waals surface area contributed by atoms with Crippen LogP contribution in [0.4, 0.5) is 13.2 Å². The number of benzene rings is 1. The maximum atomic E-state index is 12.7. The fraction of sp³-hybridized carbons (Fsp3) is 0.353. The number of carbonyl (C=O) groups excluding carboxylic acids is 1. The van der Waals surface area contributed by atoms with Crippen molar-refractivity contribution in [2.24, 2.45) is 0 Å². The maximum Gasteiger partial charge on any atom is 0.433 e. The summed E-state index contributed by atoms with van der Waals surface area (Å²) >= 11 is 2.16. The number of carbonyl (C=O) groups is 1. The first kappa shape index (κ1) is 18.9. The number of piperidine rings is 1. The summed E-state index contributed by atoms with van der Waals surface area (Å²) in [6, 6.07) is 7.67. The van der Waals surface area contributed by atoms with Gasteiger partial charge in [0, 0.05) is 21.9 Å². The van der Waals surface area contributed by atoms with Gasteiger partial charge in [0.25, 0.3) is 5.91 Å². The fourth-order valence-electron chi connectivity index (χ4n) is 2.70. The van der Waals surface area contributed by atoms with Gasteiger partial charge in [0.1, 0.15) is 6.10 Å². The van der Waals surface area contributed by atoms with Crippen molar-refractivity contribution in [1.82, 2.24) is 14.9 Å². The Morgan fingerprint density at radius 1 is 1.23 bits per heavy atom. The van der Waals surface area contributed by atoms with Crippen LogP contribution in [-0.2, 0) is 6.18 Å². The van der Waals surface area contributed by atoms with Gasteiger partial charge in [-0.05, 0) is 65.8 Å². The molecular formula is C17H15F3IN3O2. The van der Waals surface area contributed by atoms with E-state index >= 15 is 0 Å². The van der Waals surface area contributed by atoms with Gasteiger partial charge in [-0.25, -0.2) is 4.98 Å². The Kier molecular flexibility index (Phi) is 5.64. The van der Waals surface area contributed by atoms with Crippen LogP contribution in [0.25, 0.3) is 0 Å². The quantitative estimate of drug-likeness (QED) is 0.632. The SMILES string of the molecule is O=C(c1ccc(I)cc1)N1CCCC(Oc2nccc(C(F)(F)F)n2)C1. The molecule has 2 heterocycles. The highest BCUT2D eigenvalue weighted by atomic mass is 127. The van der Waals surface area contributed by atoms with Crippen molar-refractivity contribution >= 4 is 28.5 Å². The van der Waals surface area contributed by atoms with Crippen molar-refractivity contribution in [3.8, 4) is 6.01 Å². The van der Waals surface area contributed by atoms with Crippen LogP contribution in [0.5, 0.6) is 6.01 Å². The molecule has 1 aliphatic heterocycles. The fourth-order valence-corrected chi connectivity index (χ4v) is 3.06. The van der Waals surface area contributed by atoms with Gasteiger partial charge < -0.3 is 9.64 Å². The Bertz CT molecular complexity index is 784. The Hall–Kier alpha value is -1.91. The normalized spacial score (nSPS) is 17.8. The number of aromatic nitrogens is 2. The molecule has 1 unspecified atom stereocenters. The number of likely N-dealkylation sites (tertiary alicyclic amines) is 1. The van der Waals surface area contributed by atoms with Gasteiger partial charge in [-0.1, -0.05) is 0 Å². The molecule has 5 nitrogen and oxygen atoms in total. The molecule has 0 saturated carbocycles. The first-order valence-corrected chi connectivity index (χ1v) is 9.02. The van der Waals surface area contributed by atoms with Crippen LogP contribution in [0.2, 0.25) is 0 Å². The molecule has 1 amide bonds. The predicted octanol–water partition coefficient (Wildman–Crippen LogP) is 3.78. The summed E-state index contributed by atoms with van der Waals surface area (Å²) in [5.74, 6) is -0.125. The van der Waals surface area contributed by atoms with Gasteiger partial charge in [0.05, 0.1) is 6.54 Å². The number of amides is 1. The zero-order chi connectivity index (χ0) is 18.7. The van der Waals surface area contributed by atoms with Crippen LogP contribution in [-0.4, -0.2) is 40.0 Å². The summed E-state index contributed by atoms with van der Waals surface area (Å²) in [6.07, 6.45) is -2.67. The number of alkyl halides is 3. The van der Waals surface area contributed by atoms with Gasteiger partial charge in [0.2, 0.25) is 0 Å². The third-order valence-corrected chi connectivity index (χ3v) is 4.67. The third kappa shape index (κ3) is 4.63. The molecule has 9 heteroatoms. The lowest BCUT2D eigenvalue weighted by Gasteiger charge is -2.32. The van der Waals surface area contributed by atoms with Gasteiger partial charge >= 0.3 is 12.2 Å². The van der Waals surface area contributed by atoms with E-state index in [0.717, 1.165) is 15.8 Å². The van der Waals surface area contributed by atoms with Crippen LogP contribution >= 0.6 is 22.6 Å². The average Bonchev–Trinajstić information content (AvgIpc) is 2.61. The van der Waals surface area contributed by atoms with Crippen LogP contribution in [0.3, 0.4) is 0 Å². The number of hydrogen-bond acceptors (Lipinski definition) is 4. The Morgan fingerprint density at radius 2 is 1.96 bits per heavy atom.